The molecule has 84 valence electrons. The lowest BCUT2D eigenvalue weighted by Crippen LogP contribution is -2.49. The van der Waals surface area contributed by atoms with Gasteiger partial charge in [-0.3, -0.25) is 0 Å². The first-order valence-electron chi connectivity index (χ1n) is 4.68. The molecular formula is C10H21NO3. The van der Waals surface area contributed by atoms with Gasteiger partial charge in [0.1, 0.15) is 5.60 Å². The second-order valence-corrected chi connectivity index (χ2v) is 5.01. The van der Waals surface area contributed by atoms with Crippen molar-refractivity contribution in [2.24, 2.45) is 0 Å². The molecule has 4 nitrogen and oxygen atoms in total. The highest BCUT2D eigenvalue weighted by Crippen LogP contribution is 2.16. The Balaban J connectivity index is 4.41. The summed E-state index contributed by atoms with van der Waals surface area (Å²) in [5.41, 5.74) is -1.10. The maximum atomic E-state index is 11.6. The van der Waals surface area contributed by atoms with E-state index in [1.165, 1.54) is 4.90 Å². The number of carbonyl (C=O) groups excluding carboxylic acids is 1. The topological polar surface area (TPSA) is 49.8 Å². The normalized spacial score (nSPS) is 12.5. The Labute approximate surface area is 85.9 Å². The molecule has 0 aromatic rings. The first-order chi connectivity index (χ1) is 6.10. The minimum absolute atomic E-state index is 0.0945. The Hall–Kier alpha value is -0.770. The van der Waals surface area contributed by atoms with E-state index in [1.807, 2.05) is 20.8 Å². The standard InChI is InChI=1S/C10H21NO3/c1-9(2,3)14-8(13)11(6)10(4,5)7-12/h12H,7H2,1-6H3. The van der Waals surface area contributed by atoms with Gasteiger partial charge in [-0.2, -0.15) is 0 Å². The average Bonchev–Trinajstić information content (AvgIpc) is 2.00. The molecule has 0 aromatic heterocycles. The van der Waals surface area contributed by atoms with Gasteiger partial charge in [-0.15, -0.1) is 0 Å². The molecule has 0 radical (unpaired) electrons. The van der Waals surface area contributed by atoms with Gasteiger partial charge in [0.2, 0.25) is 0 Å². The second kappa shape index (κ2) is 4.17. The zero-order valence-electron chi connectivity index (χ0n) is 9.92. The molecule has 0 aliphatic carbocycles. The van der Waals surface area contributed by atoms with Crippen molar-refractivity contribution >= 4 is 6.09 Å². The maximum Gasteiger partial charge on any atom is 0.410 e. The minimum atomic E-state index is -0.595. The van der Waals surface area contributed by atoms with Crippen LogP contribution in [0.15, 0.2) is 0 Å². The van der Waals surface area contributed by atoms with Crippen LogP contribution in [-0.2, 0) is 4.74 Å². The van der Waals surface area contributed by atoms with Crippen LogP contribution in [-0.4, -0.2) is 40.9 Å². The third kappa shape index (κ3) is 3.96. The predicted octanol–water partition coefficient (Wildman–Crippen LogP) is 1.62. The Morgan fingerprint density at radius 2 is 1.71 bits per heavy atom. The van der Waals surface area contributed by atoms with Crippen molar-refractivity contribution in [3.05, 3.63) is 0 Å². The van der Waals surface area contributed by atoms with Gasteiger partial charge in [0.25, 0.3) is 0 Å². The van der Waals surface area contributed by atoms with E-state index in [1.54, 1.807) is 20.9 Å². The summed E-state index contributed by atoms with van der Waals surface area (Å²) in [7, 11) is 1.62. The van der Waals surface area contributed by atoms with E-state index in [0.717, 1.165) is 0 Å². The maximum absolute atomic E-state index is 11.6. The van der Waals surface area contributed by atoms with Gasteiger partial charge >= 0.3 is 6.09 Å². The van der Waals surface area contributed by atoms with E-state index < -0.39 is 17.2 Å². The summed E-state index contributed by atoms with van der Waals surface area (Å²) in [6.45, 7) is 8.89. The number of likely N-dealkylation sites (N-methyl/N-ethyl adjacent to an activating group) is 1. The summed E-state index contributed by atoms with van der Waals surface area (Å²) >= 11 is 0. The Bertz CT molecular complexity index is 206. The van der Waals surface area contributed by atoms with E-state index in [-0.39, 0.29) is 6.61 Å². The van der Waals surface area contributed by atoms with Crippen LogP contribution in [0.25, 0.3) is 0 Å². The number of hydrogen-bond donors (Lipinski definition) is 1. The molecule has 0 saturated heterocycles. The highest BCUT2D eigenvalue weighted by molar-refractivity contribution is 5.68. The highest BCUT2D eigenvalue weighted by atomic mass is 16.6. The first kappa shape index (κ1) is 13.2. The van der Waals surface area contributed by atoms with Crippen molar-refractivity contribution in [1.82, 2.24) is 4.90 Å². The molecule has 14 heavy (non-hydrogen) atoms. The summed E-state index contributed by atoms with van der Waals surface area (Å²) in [5, 5.41) is 9.06. The molecule has 0 fully saturated rings. The third-order valence-corrected chi connectivity index (χ3v) is 1.96. The van der Waals surface area contributed by atoms with E-state index in [0.29, 0.717) is 0 Å². The van der Waals surface area contributed by atoms with E-state index in [2.05, 4.69) is 0 Å². The summed E-state index contributed by atoms with van der Waals surface area (Å²) in [5.74, 6) is 0. The fourth-order valence-electron chi connectivity index (χ4n) is 0.684. The van der Waals surface area contributed by atoms with E-state index in [4.69, 9.17) is 9.84 Å². The fraction of sp³-hybridized carbons (Fsp3) is 0.900. The third-order valence-electron chi connectivity index (χ3n) is 1.96. The second-order valence-electron chi connectivity index (χ2n) is 5.01. The Morgan fingerprint density at radius 3 is 2.00 bits per heavy atom. The van der Waals surface area contributed by atoms with Crippen LogP contribution in [0.4, 0.5) is 4.79 Å². The number of amides is 1. The molecule has 0 unspecified atom stereocenters. The van der Waals surface area contributed by atoms with Gasteiger partial charge in [-0.1, -0.05) is 0 Å². The van der Waals surface area contributed by atoms with Gasteiger partial charge < -0.3 is 14.7 Å². The minimum Gasteiger partial charge on any atom is -0.444 e. The molecule has 0 aliphatic heterocycles. The van der Waals surface area contributed by atoms with Gasteiger partial charge in [0, 0.05) is 7.05 Å². The van der Waals surface area contributed by atoms with E-state index >= 15 is 0 Å². The predicted molar refractivity (Wildman–Crippen MR) is 55.2 cm³/mol. The summed E-state index contributed by atoms with van der Waals surface area (Å²) in [6, 6.07) is 0. The van der Waals surface area contributed by atoms with E-state index in [9.17, 15) is 4.79 Å². The molecule has 0 heterocycles. The van der Waals surface area contributed by atoms with Crippen LogP contribution in [0.2, 0.25) is 0 Å². The average molecular weight is 203 g/mol. The smallest absolute Gasteiger partial charge is 0.410 e. The van der Waals surface area contributed by atoms with Crippen LogP contribution in [0, 0.1) is 0 Å². The summed E-state index contributed by atoms with van der Waals surface area (Å²) in [6.07, 6.45) is -0.420. The number of ether oxygens (including phenoxy) is 1. The molecule has 0 atom stereocenters. The molecule has 0 spiro atoms. The van der Waals surface area contributed by atoms with Gasteiger partial charge in [-0.05, 0) is 34.6 Å². The number of carbonyl (C=O) groups is 1. The van der Waals surface area contributed by atoms with Crippen LogP contribution in [0.3, 0.4) is 0 Å². The molecule has 4 heteroatoms. The molecule has 0 aromatic carbocycles. The van der Waals surface area contributed by atoms with Crippen molar-refractivity contribution in [2.45, 2.75) is 45.8 Å². The first-order valence-corrected chi connectivity index (χ1v) is 4.68. The summed E-state index contributed by atoms with van der Waals surface area (Å²) in [4.78, 5) is 13.0. The Morgan fingerprint density at radius 1 is 1.29 bits per heavy atom. The highest BCUT2D eigenvalue weighted by Gasteiger charge is 2.30. The lowest BCUT2D eigenvalue weighted by atomic mass is 10.1. The van der Waals surface area contributed by atoms with Crippen LogP contribution < -0.4 is 0 Å². The van der Waals surface area contributed by atoms with Crippen LogP contribution in [0.1, 0.15) is 34.6 Å². The zero-order valence-corrected chi connectivity index (χ0v) is 9.92. The number of aliphatic hydroxyl groups is 1. The SMILES string of the molecule is CN(C(=O)OC(C)(C)C)C(C)(C)CO. The molecule has 0 rings (SSSR count). The molecule has 0 bridgehead atoms. The molecule has 1 N–H and O–H groups in total. The van der Waals surface area contributed by atoms with Crippen LogP contribution in [0.5, 0.6) is 0 Å². The molecular weight excluding hydrogens is 182 g/mol. The largest absolute Gasteiger partial charge is 0.444 e. The zero-order chi connectivity index (χ0) is 11.6. The Kier molecular flexibility index (Phi) is 3.94. The molecule has 0 aliphatic rings. The van der Waals surface area contributed by atoms with Crippen LogP contribution >= 0.6 is 0 Å². The van der Waals surface area contributed by atoms with Crippen molar-refractivity contribution in [2.75, 3.05) is 13.7 Å². The number of hydrogen-bond acceptors (Lipinski definition) is 3. The van der Waals surface area contributed by atoms with Gasteiger partial charge in [-0.25, -0.2) is 4.79 Å². The lowest BCUT2D eigenvalue weighted by Gasteiger charge is -2.35. The number of nitrogens with zero attached hydrogens (tertiary/aromatic N) is 1. The molecule has 0 saturated carbocycles. The monoisotopic (exact) mass is 203 g/mol. The fourth-order valence-corrected chi connectivity index (χ4v) is 0.684. The van der Waals surface area contributed by atoms with Gasteiger partial charge in [0.15, 0.2) is 0 Å². The quantitative estimate of drug-likeness (QED) is 0.742. The number of aliphatic hydroxyl groups excluding tert-OH is 1. The van der Waals surface area contributed by atoms with Crippen molar-refractivity contribution < 1.29 is 14.6 Å². The number of rotatable bonds is 2. The lowest BCUT2D eigenvalue weighted by molar-refractivity contribution is 0.000139. The van der Waals surface area contributed by atoms with Gasteiger partial charge in [0.05, 0.1) is 12.1 Å². The summed E-state index contributed by atoms with van der Waals surface area (Å²) < 4.78 is 5.16. The van der Waals surface area contributed by atoms with Crippen molar-refractivity contribution in [1.29, 1.82) is 0 Å². The molecule has 1 amide bonds. The van der Waals surface area contributed by atoms with Crippen molar-refractivity contribution in [3.63, 3.8) is 0 Å². The van der Waals surface area contributed by atoms with Crippen molar-refractivity contribution in [3.8, 4) is 0 Å².